The second-order valence-electron chi connectivity index (χ2n) is 5.33. The van der Waals surface area contributed by atoms with Gasteiger partial charge < -0.3 is 10.2 Å². The third-order valence-corrected chi connectivity index (χ3v) is 3.81. The van der Waals surface area contributed by atoms with Crippen LogP contribution >= 0.6 is 0 Å². The molecule has 1 aromatic carbocycles. The number of hydrogen-bond acceptors (Lipinski definition) is 2. The number of rotatable bonds is 3. The predicted molar refractivity (Wildman–Crippen MR) is 73.9 cm³/mol. The molecule has 0 spiro atoms. The highest BCUT2D eigenvalue weighted by Crippen LogP contribution is 2.33. The lowest BCUT2D eigenvalue weighted by Crippen LogP contribution is -2.30. The normalized spacial score (nSPS) is 19.7. The minimum absolute atomic E-state index is 0.194. The van der Waals surface area contributed by atoms with E-state index in [1.165, 1.54) is 24.9 Å². The Morgan fingerprint density at radius 1 is 1.11 bits per heavy atom. The topological polar surface area (TPSA) is 32.3 Å². The van der Waals surface area contributed by atoms with Crippen molar-refractivity contribution >= 4 is 17.3 Å². The van der Waals surface area contributed by atoms with Gasteiger partial charge in [0.25, 0.3) is 0 Å². The second kappa shape index (κ2) is 5.01. The Labute approximate surface area is 108 Å². The average molecular weight is 244 g/mol. The number of carbonyl (C=O) groups excluding carboxylic acids is 1. The van der Waals surface area contributed by atoms with Crippen molar-refractivity contribution in [2.75, 3.05) is 23.3 Å². The summed E-state index contributed by atoms with van der Waals surface area (Å²) in [4.78, 5) is 14.3. The minimum Gasteiger partial charge on any atom is -0.370 e. The number of nitrogens with one attached hydrogen (secondary N) is 1. The molecule has 2 fully saturated rings. The lowest BCUT2D eigenvalue weighted by molar-refractivity contribution is -0.117. The SMILES string of the molecule is O=C(Nc1ccccc1N1CCCCC1)C1CC1. The van der Waals surface area contributed by atoms with Crippen LogP contribution in [0.1, 0.15) is 32.1 Å². The number of nitrogens with zero attached hydrogens (tertiary/aromatic N) is 1. The number of piperidine rings is 1. The summed E-state index contributed by atoms with van der Waals surface area (Å²) in [5, 5.41) is 3.09. The maximum Gasteiger partial charge on any atom is 0.227 e. The van der Waals surface area contributed by atoms with Gasteiger partial charge in [0.15, 0.2) is 0 Å². The van der Waals surface area contributed by atoms with Crippen LogP contribution < -0.4 is 10.2 Å². The zero-order chi connectivity index (χ0) is 12.4. The molecule has 0 bridgehead atoms. The van der Waals surface area contributed by atoms with Crippen LogP contribution in [0.3, 0.4) is 0 Å². The molecular formula is C15H20N2O. The molecular weight excluding hydrogens is 224 g/mol. The summed E-state index contributed by atoms with van der Waals surface area (Å²) >= 11 is 0. The first kappa shape index (κ1) is 11.6. The van der Waals surface area contributed by atoms with E-state index in [0.717, 1.165) is 31.6 Å². The van der Waals surface area contributed by atoms with Crippen LogP contribution in [0.2, 0.25) is 0 Å². The standard InChI is InChI=1S/C15H20N2O/c18-15(12-8-9-12)16-13-6-2-3-7-14(13)17-10-4-1-5-11-17/h2-3,6-7,12H,1,4-5,8-11H2,(H,16,18). The first-order valence-corrected chi connectivity index (χ1v) is 6.99. The maximum absolute atomic E-state index is 11.9. The lowest BCUT2D eigenvalue weighted by atomic mass is 10.1. The van der Waals surface area contributed by atoms with E-state index in [9.17, 15) is 4.79 Å². The monoisotopic (exact) mass is 244 g/mol. The smallest absolute Gasteiger partial charge is 0.227 e. The third-order valence-electron chi connectivity index (χ3n) is 3.81. The van der Waals surface area contributed by atoms with Crippen molar-refractivity contribution in [1.29, 1.82) is 0 Å². The molecule has 1 saturated heterocycles. The summed E-state index contributed by atoms with van der Waals surface area (Å²) in [7, 11) is 0. The Morgan fingerprint density at radius 3 is 2.56 bits per heavy atom. The van der Waals surface area contributed by atoms with Crippen molar-refractivity contribution < 1.29 is 4.79 Å². The van der Waals surface area contributed by atoms with Crippen LogP contribution in [0.15, 0.2) is 24.3 Å². The van der Waals surface area contributed by atoms with E-state index in [-0.39, 0.29) is 11.8 Å². The summed E-state index contributed by atoms with van der Waals surface area (Å²) in [5.74, 6) is 0.457. The number of carbonyl (C=O) groups is 1. The largest absolute Gasteiger partial charge is 0.370 e. The van der Waals surface area contributed by atoms with Crippen LogP contribution in [0.25, 0.3) is 0 Å². The van der Waals surface area contributed by atoms with Gasteiger partial charge in [-0.25, -0.2) is 0 Å². The first-order valence-electron chi connectivity index (χ1n) is 6.99. The van der Waals surface area contributed by atoms with Crippen molar-refractivity contribution in [2.45, 2.75) is 32.1 Å². The zero-order valence-corrected chi connectivity index (χ0v) is 10.7. The molecule has 1 amide bonds. The van der Waals surface area contributed by atoms with Gasteiger partial charge in [0.1, 0.15) is 0 Å². The molecule has 1 aliphatic carbocycles. The first-order chi connectivity index (χ1) is 8.84. The molecule has 1 N–H and O–H groups in total. The molecule has 0 aromatic heterocycles. The van der Waals surface area contributed by atoms with Gasteiger partial charge in [-0.15, -0.1) is 0 Å². The number of para-hydroxylation sites is 2. The third kappa shape index (κ3) is 2.50. The maximum atomic E-state index is 11.9. The number of amides is 1. The summed E-state index contributed by atoms with van der Waals surface area (Å²) in [5.41, 5.74) is 2.17. The molecule has 3 rings (SSSR count). The van der Waals surface area contributed by atoms with Crippen molar-refractivity contribution in [3.8, 4) is 0 Å². The highest BCUT2D eigenvalue weighted by Gasteiger charge is 2.30. The molecule has 1 aromatic rings. The lowest BCUT2D eigenvalue weighted by Gasteiger charge is -2.30. The van der Waals surface area contributed by atoms with E-state index < -0.39 is 0 Å². The van der Waals surface area contributed by atoms with Gasteiger partial charge >= 0.3 is 0 Å². The van der Waals surface area contributed by atoms with E-state index in [4.69, 9.17) is 0 Å². The fraction of sp³-hybridized carbons (Fsp3) is 0.533. The molecule has 0 unspecified atom stereocenters. The summed E-state index contributed by atoms with van der Waals surface area (Å²) in [6.45, 7) is 2.21. The van der Waals surface area contributed by atoms with E-state index in [0.29, 0.717) is 0 Å². The van der Waals surface area contributed by atoms with Crippen LogP contribution in [0.5, 0.6) is 0 Å². The Hall–Kier alpha value is -1.51. The molecule has 3 nitrogen and oxygen atoms in total. The molecule has 96 valence electrons. The fourth-order valence-corrected chi connectivity index (χ4v) is 2.57. The quantitative estimate of drug-likeness (QED) is 0.886. The van der Waals surface area contributed by atoms with Gasteiger partial charge in [-0.3, -0.25) is 4.79 Å². The van der Waals surface area contributed by atoms with Gasteiger partial charge in [0.2, 0.25) is 5.91 Å². The Bertz CT molecular complexity index is 434. The molecule has 2 aliphatic rings. The summed E-state index contributed by atoms with van der Waals surface area (Å²) in [6.07, 6.45) is 5.94. The molecule has 1 saturated carbocycles. The average Bonchev–Trinajstić information content (AvgIpc) is 3.25. The predicted octanol–water partition coefficient (Wildman–Crippen LogP) is 3.03. The van der Waals surface area contributed by atoms with E-state index >= 15 is 0 Å². The van der Waals surface area contributed by atoms with Crippen molar-refractivity contribution in [1.82, 2.24) is 0 Å². The van der Waals surface area contributed by atoms with E-state index in [1.807, 2.05) is 12.1 Å². The number of benzene rings is 1. The fourth-order valence-electron chi connectivity index (χ4n) is 2.57. The van der Waals surface area contributed by atoms with Crippen molar-refractivity contribution in [3.05, 3.63) is 24.3 Å². The Morgan fingerprint density at radius 2 is 1.83 bits per heavy atom. The van der Waals surface area contributed by atoms with Crippen molar-refractivity contribution in [3.63, 3.8) is 0 Å². The van der Waals surface area contributed by atoms with Crippen LogP contribution in [0.4, 0.5) is 11.4 Å². The number of hydrogen-bond donors (Lipinski definition) is 1. The highest BCUT2D eigenvalue weighted by molar-refractivity contribution is 5.97. The van der Waals surface area contributed by atoms with Crippen LogP contribution in [-0.2, 0) is 4.79 Å². The summed E-state index contributed by atoms with van der Waals surface area (Å²) in [6, 6.07) is 8.19. The van der Waals surface area contributed by atoms with Gasteiger partial charge in [-0.2, -0.15) is 0 Å². The molecule has 1 aliphatic heterocycles. The molecule has 1 heterocycles. The zero-order valence-electron chi connectivity index (χ0n) is 10.7. The van der Waals surface area contributed by atoms with Crippen LogP contribution in [0, 0.1) is 5.92 Å². The summed E-state index contributed by atoms with van der Waals surface area (Å²) < 4.78 is 0. The Balaban J connectivity index is 1.77. The molecule has 18 heavy (non-hydrogen) atoms. The Kier molecular flexibility index (Phi) is 3.22. The van der Waals surface area contributed by atoms with Gasteiger partial charge in [-0.05, 0) is 44.2 Å². The molecule has 3 heteroatoms. The highest BCUT2D eigenvalue weighted by atomic mass is 16.2. The molecule has 0 atom stereocenters. The minimum atomic E-state index is 0.194. The van der Waals surface area contributed by atoms with Crippen LogP contribution in [-0.4, -0.2) is 19.0 Å². The second-order valence-corrected chi connectivity index (χ2v) is 5.33. The van der Waals surface area contributed by atoms with Gasteiger partial charge in [0.05, 0.1) is 11.4 Å². The van der Waals surface area contributed by atoms with Gasteiger partial charge in [0, 0.05) is 19.0 Å². The number of anilines is 2. The van der Waals surface area contributed by atoms with Crippen molar-refractivity contribution in [2.24, 2.45) is 5.92 Å². The van der Waals surface area contributed by atoms with E-state index in [2.05, 4.69) is 22.3 Å². The van der Waals surface area contributed by atoms with Gasteiger partial charge in [-0.1, -0.05) is 12.1 Å². The van der Waals surface area contributed by atoms with E-state index in [1.54, 1.807) is 0 Å². The molecule has 0 radical (unpaired) electrons.